The number of unbranched alkanes of at least 4 members (excludes halogenated alkanes) is 2. The minimum atomic E-state index is 0.592. The Morgan fingerprint density at radius 2 is 2.25 bits per heavy atom. The van der Waals surface area contributed by atoms with Crippen LogP contribution >= 0.6 is 12.2 Å². The molecule has 1 aromatic heterocycles. The van der Waals surface area contributed by atoms with Crippen LogP contribution in [0.4, 0.5) is 5.95 Å². The SMILES string of the molecule is CCCCCN(C)c1n[nH]c(=S)n1C1CC1. The monoisotopic (exact) mass is 240 g/mol. The number of anilines is 1. The molecule has 0 amide bonds. The molecule has 16 heavy (non-hydrogen) atoms. The van der Waals surface area contributed by atoms with Crippen molar-refractivity contribution < 1.29 is 0 Å². The minimum Gasteiger partial charge on any atom is -0.344 e. The van der Waals surface area contributed by atoms with Crippen LogP contribution in [0.5, 0.6) is 0 Å². The molecule has 1 saturated carbocycles. The van der Waals surface area contributed by atoms with E-state index in [4.69, 9.17) is 12.2 Å². The van der Waals surface area contributed by atoms with Crippen molar-refractivity contribution in [2.45, 2.75) is 45.1 Å². The molecule has 0 bridgehead atoms. The van der Waals surface area contributed by atoms with Gasteiger partial charge in [0, 0.05) is 19.6 Å². The fourth-order valence-corrected chi connectivity index (χ4v) is 2.20. The zero-order valence-corrected chi connectivity index (χ0v) is 10.9. The third-order valence-corrected chi connectivity index (χ3v) is 3.32. The van der Waals surface area contributed by atoms with Gasteiger partial charge >= 0.3 is 0 Å². The highest BCUT2D eigenvalue weighted by Crippen LogP contribution is 2.37. The van der Waals surface area contributed by atoms with E-state index in [1.54, 1.807) is 0 Å². The van der Waals surface area contributed by atoms with Gasteiger partial charge in [-0.05, 0) is 31.5 Å². The Kier molecular flexibility index (Phi) is 3.63. The van der Waals surface area contributed by atoms with Crippen LogP contribution in [-0.4, -0.2) is 28.4 Å². The van der Waals surface area contributed by atoms with Gasteiger partial charge in [-0.3, -0.25) is 4.57 Å². The molecule has 0 radical (unpaired) electrons. The van der Waals surface area contributed by atoms with Crippen molar-refractivity contribution in [3.63, 3.8) is 0 Å². The summed E-state index contributed by atoms with van der Waals surface area (Å²) in [5.41, 5.74) is 0. The predicted octanol–water partition coefficient (Wildman–Crippen LogP) is 2.90. The number of hydrogen-bond acceptors (Lipinski definition) is 3. The Balaban J connectivity index is 2.04. The van der Waals surface area contributed by atoms with E-state index in [0.717, 1.165) is 17.3 Å². The molecule has 0 spiro atoms. The van der Waals surface area contributed by atoms with Gasteiger partial charge < -0.3 is 4.90 Å². The van der Waals surface area contributed by atoms with Crippen LogP contribution in [0.25, 0.3) is 0 Å². The number of hydrogen-bond donors (Lipinski definition) is 1. The summed E-state index contributed by atoms with van der Waals surface area (Å²) < 4.78 is 2.93. The molecule has 0 unspecified atom stereocenters. The Morgan fingerprint density at radius 3 is 2.88 bits per heavy atom. The van der Waals surface area contributed by atoms with Gasteiger partial charge in [-0.15, -0.1) is 5.10 Å². The van der Waals surface area contributed by atoms with E-state index in [0.29, 0.717) is 6.04 Å². The van der Waals surface area contributed by atoms with Gasteiger partial charge in [0.25, 0.3) is 0 Å². The molecule has 1 heterocycles. The molecular weight excluding hydrogens is 220 g/mol. The summed E-state index contributed by atoms with van der Waals surface area (Å²) in [6.45, 7) is 3.28. The lowest BCUT2D eigenvalue weighted by atomic mass is 10.2. The number of rotatable bonds is 6. The molecule has 0 saturated heterocycles. The molecular formula is C11H20N4S. The molecule has 1 aliphatic rings. The maximum absolute atomic E-state index is 5.26. The highest BCUT2D eigenvalue weighted by Gasteiger charge is 2.28. The quantitative estimate of drug-likeness (QED) is 0.613. The second-order valence-electron chi connectivity index (χ2n) is 4.56. The van der Waals surface area contributed by atoms with E-state index in [-0.39, 0.29) is 0 Å². The van der Waals surface area contributed by atoms with Gasteiger partial charge in [-0.1, -0.05) is 19.8 Å². The van der Waals surface area contributed by atoms with Crippen LogP contribution in [0.15, 0.2) is 0 Å². The number of aromatic amines is 1. The molecule has 0 aliphatic heterocycles. The third-order valence-electron chi connectivity index (χ3n) is 3.04. The maximum Gasteiger partial charge on any atom is 0.225 e. The molecule has 0 atom stereocenters. The molecule has 1 aliphatic carbocycles. The van der Waals surface area contributed by atoms with Crippen LogP contribution in [-0.2, 0) is 0 Å². The first kappa shape index (κ1) is 11.6. The standard InChI is InChI=1S/C11H20N4S/c1-3-4-5-8-14(2)10-12-13-11(16)15(10)9-6-7-9/h9H,3-8H2,1-2H3,(H,13,16). The third kappa shape index (κ3) is 2.45. The molecule has 1 aromatic rings. The first-order valence-electron chi connectivity index (χ1n) is 6.12. The molecule has 1 fully saturated rings. The Hall–Kier alpha value is -0.840. The van der Waals surface area contributed by atoms with Gasteiger partial charge in [0.2, 0.25) is 5.95 Å². The predicted molar refractivity (Wildman–Crippen MR) is 68.5 cm³/mol. The van der Waals surface area contributed by atoms with Crippen molar-refractivity contribution in [1.29, 1.82) is 0 Å². The normalized spacial score (nSPS) is 15.4. The van der Waals surface area contributed by atoms with Crippen molar-refractivity contribution in [3.05, 3.63) is 4.77 Å². The second-order valence-corrected chi connectivity index (χ2v) is 4.95. The summed E-state index contributed by atoms with van der Waals surface area (Å²) in [4.78, 5) is 2.21. The largest absolute Gasteiger partial charge is 0.344 e. The summed E-state index contributed by atoms with van der Waals surface area (Å²) in [7, 11) is 2.10. The van der Waals surface area contributed by atoms with E-state index >= 15 is 0 Å². The van der Waals surface area contributed by atoms with E-state index in [1.807, 2.05) is 0 Å². The Labute approximate surface area is 102 Å². The summed E-state index contributed by atoms with van der Waals surface area (Å²) in [6.07, 6.45) is 6.23. The summed E-state index contributed by atoms with van der Waals surface area (Å²) in [5.74, 6) is 1.00. The van der Waals surface area contributed by atoms with Crippen LogP contribution < -0.4 is 4.90 Å². The van der Waals surface area contributed by atoms with Crippen LogP contribution in [0.1, 0.15) is 45.1 Å². The zero-order chi connectivity index (χ0) is 11.5. The topological polar surface area (TPSA) is 36.9 Å². The van der Waals surface area contributed by atoms with Crippen molar-refractivity contribution in [2.24, 2.45) is 0 Å². The zero-order valence-electron chi connectivity index (χ0n) is 10.1. The Bertz CT molecular complexity index is 391. The summed E-state index contributed by atoms with van der Waals surface area (Å²) >= 11 is 5.26. The van der Waals surface area contributed by atoms with Crippen molar-refractivity contribution in [2.75, 3.05) is 18.5 Å². The molecule has 90 valence electrons. The van der Waals surface area contributed by atoms with Crippen LogP contribution in [0.3, 0.4) is 0 Å². The van der Waals surface area contributed by atoms with Crippen molar-refractivity contribution in [3.8, 4) is 0 Å². The fourth-order valence-electron chi connectivity index (χ4n) is 1.93. The minimum absolute atomic E-state index is 0.592. The number of nitrogens with zero attached hydrogens (tertiary/aromatic N) is 3. The van der Waals surface area contributed by atoms with E-state index in [2.05, 4.69) is 33.6 Å². The number of nitrogens with one attached hydrogen (secondary N) is 1. The lowest BCUT2D eigenvalue weighted by molar-refractivity contribution is 0.663. The van der Waals surface area contributed by atoms with Gasteiger partial charge in [0.1, 0.15) is 0 Å². The number of aromatic nitrogens is 3. The van der Waals surface area contributed by atoms with Crippen LogP contribution in [0, 0.1) is 4.77 Å². The van der Waals surface area contributed by atoms with Crippen molar-refractivity contribution >= 4 is 18.2 Å². The average Bonchev–Trinajstić information content (AvgIpc) is 3.02. The van der Waals surface area contributed by atoms with Gasteiger partial charge in [0.05, 0.1) is 0 Å². The molecule has 4 nitrogen and oxygen atoms in total. The molecule has 2 rings (SSSR count). The lowest BCUT2D eigenvalue weighted by Crippen LogP contribution is -2.22. The first-order chi connectivity index (χ1) is 7.74. The Morgan fingerprint density at radius 1 is 1.50 bits per heavy atom. The molecule has 0 aromatic carbocycles. The van der Waals surface area contributed by atoms with Crippen molar-refractivity contribution in [1.82, 2.24) is 14.8 Å². The van der Waals surface area contributed by atoms with E-state index in [1.165, 1.54) is 32.1 Å². The van der Waals surface area contributed by atoms with Gasteiger partial charge in [0.15, 0.2) is 4.77 Å². The average molecular weight is 240 g/mol. The second kappa shape index (κ2) is 4.99. The smallest absolute Gasteiger partial charge is 0.225 e. The highest BCUT2D eigenvalue weighted by atomic mass is 32.1. The summed E-state index contributed by atoms with van der Waals surface area (Å²) in [5, 5.41) is 7.23. The van der Waals surface area contributed by atoms with Crippen LogP contribution in [0.2, 0.25) is 0 Å². The molecule has 1 N–H and O–H groups in total. The van der Waals surface area contributed by atoms with E-state index < -0.39 is 0 Å². The number of H-pyrrole nitrogens is 1. The first-order valence-corrected chi connectivity index (χ1v) is 6.53. The van der Waals surface area contributed by atoms with E-state index in [9.17, 15) is 0 Å². The van der Waals surface area contributed by atoms with Gasteiger partial charge in [-0.25, -0.2) is 5.10 Å². The highest BCUT2D eigenvalue weighted by molar-refractivity contribution is 7.71. The van der Waals surface area contributed by atoms with Gasteiger partial charge in [-0.2, -0.15) is 0 Å². The summed E-state index contributed by atoms with van der Waals surface area (Å²) in [6, 6.07) is 0.592. The lowest BCUT2D eigenvalue weighted by Gasteiger charge is -2.18. The fraction of sp³-hybridized carbons (Fsp3) is 0.818. The molecule has 5 heteroatoms. The maximum atomic E-state index is 5.26.